The zero-order valence-corrected chi connectivity index (χ0v) is 19.4. The van der Waals surface area contributed by atoms with Gasteiger partial charge >= 0.3 is 0 Å². The molecule has 0 bridgehead atoms. The molecule has 0 spiro atoms. The first kappa shape index (κ1) is 22.1. The standard InChI is InChI=1S/C26H33FN2O2S/c27-23-5-1-4-20(14-23)16-26-22(18-29-12-3-13-29)17-21-9-8-19(15-25(21)26)10-11-28-32(30,31)24-6-2-7-24/h1,4-5,8-9,14-15,22,24,26,28H,2-3,6-7,10-13,16-18H2. The van der Waals surface area contributed by atoms with Gasteiger partial charge in [-0.05, 0) is 97.8 Å². The molecule has 5 rings (SSSR count). The lowest BCUT2D eigenvalue weighted by Crippen LogP contribution is -2.41. The van der Waals surface area contributed by atoms with Crippen molar-refractivity contribution in [3.8, 4) is 0 Å². The van der Waals surface area contributed by atoms with E-state index in [1.807, 2.05) is 6.07 Å². The summed E-state index contributed by atoms with van der Waals surface area (Å²) in [6, 6.07) is 13.7. The molecule has 172 valence electrons. The normalized spacial score (nSPS) is 23.5. The maximum atomic E-state index is 13.8. The van der Waals surface area contributed by atoms with Crippen LogP contribution in [0.25, 0.3) is 0 Å². The minimum Gasteiger partial charge on any atom is -0.303 e. The fourth-order valence-electron chi connectivity index (χ4n) is 5.43. The number of nitrogens with zero attached hydrogens (tertiary/aromatic N) is 1. The molecule has 1 aliphatic heterocycles. The van der Waals surface area contributed by atoms with Gasteiger partial charge in [0, 0.05) is 13.1 Å². The Morgan fingerprint density at radius 1 is 1.03 bits per heavy atom. The number of hydrogen-bond donors (Lipinski definition) is 1. The van der Waals surface area contributed by atoms with E-state index in [1.165, 1.54) is 42.3 Å². The van der Waals surface area contributed by atoms with E-state index in [9.17, 15) is 12.8 Å². The van der Waals surface area contributed by atoms with Crippen LogP contribution in [0.15, 0.2) is 42.5 Å². The molecular formula is C26H33FN2O2S. The summed E-state index contributed by atoms with van der Waals surface area (Å²) in [5.41, 5.74) is 5.00. The summed E-state index contributed by atoms with van der Waals surface area (Å²) in [4.78, 5) is 2.53. The summed E-state index contributed by atoms with van der Waals surface area (Å²) in [6.07, 6.45) is 6.49. The fraction of sp³-hybridized carbons (Fsp3) is 0.538. The second-order valence-corrected chi connectivity index (χ2v) is 11.9. The van der Waals surface area contributed by atoms with Crippen molar-refractivity contribution in [2.75, 3.05) is 26.2 Å². The van der Waals surface area contributed by atoms with Crippen molar-refractivity contribution in [1.82, 2.24) is 9.62 Å². The third kappa shape index (κ3) is 4.78. The lowest BCUT2D eigenvalue weighted by atomic mass is 9.85. The highest BCUT2D eigenvalue weighted by Gasteiger charge is 2.35. The molecule has 4 nitrogen and oxygen atoms in total. The first-order valence-electron chi connectivity index (χ1n) is 12.0. The van der Waals surface area contributed by atoms with Gasteiger partial charge in [0.1, 0.15) is 5.82 Å². The molecule has 2 aromatic carbocycles. The van der Waals surface area contributed by atoms with E-state index in [0.29, 0.717) is 24.8 Å². The van der Waals surface area contributed by atoms with Gasteiger partial charge in [-0.25, -0.2) is 17.5 Å². The number of hydrogen-bond acceptors (Lipinski definition) is 3. The molecule has 0 aromatic heterocycles. The molecule has 0 amide bonds. The minimum atomic E-state index is -3.17. The van der Waals surface area contributed by atoms with Crippen LogP contribution in [0.1, 0.15) is 53.9 Å². The predicted molar refractivity (Wildman–Crippen MR) is 126 cm³/mol. The maximum Gasteiger partial charge on any atom is 0.214 e. The van der Waals surface area contributed by atoms with Gasteiger partial charge in [0.25, 0.3) is 0 Å². The SMILES string of the molecule is O=S(=O)(NCCc1ccc2c(c1)C(Cc1cccc(F)c1)C(CN1CCC1)C2)C1CCC1. The summed E-state index contributed by atoms with van der Waals surface area (Å²) in [5.74, 6) is 0.743. The summed E-state index contributed by atoms with van der Waals surface area (Å²) in [7, 11) is -3.17. The van der Waals surface area contributed by atoms with E-state index < -0.39 is 10.0 Å². The first-order chi connectivity index (χ1) is 15.5. The van der Waals surface area contributed by atoms with Crippen LogP contribution in [0.4, 0.5) is 4.39 Å². The molecule has 3 aliphatic rings. The van der Waals surface area contributed by atoms with Crippen LogP contribution in [0.5, 0.6) is 0 Å². The average molecular weight is 457 g/mol. The second kappa shape index (κ2) is 9.24. The monoisotopic (exact) mass is 456 g/mol. The Morgan fingerprint density at radius 3 is 2.56 bits per heavy atom. The van der Waals surface area contributed by atoms with E-state index in [1.54, 1.807) is 12.1 Å². The fourth-order valence-corrected chi connectivity index (χ4v) is 7.00. The lowest BCUT2D eigenvalue weighted by molar-refractivity contribution is 0.145. The van der Waals surface area contributed by atoms with Crippen LogP contribution in [0.2, 0.25) is 0 Å². The van der Waals surface area contributed by atoms with Crippen molar-refractivity contribution in [1.29, 1.82) is 0 Å². The van der Waals surface area contributed by atoms with Crippen LogP contribution in [-0.4, -0.2) is 44.7 Å². The highest BCUT2D eigenvalue weighted by molar-refractivity contribution is 7.90. The minimum absolute atomic E-state index is 0.174. The van der Waals surface area contributed by atoms with Crippen molar-refractivity contribution >= 4 is 10.0 Å². The van der Waals surface area contributed by atoms with Crippen molar-refractivity contribution in [2.45, 2.75) is 56.1 Å². The number of benzene rings is 2. The highest BCUT2D eigenvalue weighted by atomic mass is 32.2. The van der Waals surface area contributed by atoms with Crippen molar-refractivity contribution in [2.24, 2.45) is 5.92 Å². The lowest BCUT2D eigenvalue weighted by Gasteiger charge is -2.35. The van der Waals surface area contributed by atoms with Crippen LogP contribution < -0.4 is 4.72 Å². The first-order valence-corrected chi connectivity index (χ1v) is 13.6. The van der Waals surface area contributed by atoms with Crippen LogP contribution in [-0.2, 0) is 29.3 Å². The van der Waals surface area contributed by atoms with Gasteiger partial charge in [-0.15, -0.1) is 0 Å². The van der Waals surface area contributed by atoms with Gasteiger partial charge in [0.2, 0.25) is 10.0 Å². The topological polar surface area (TPSA) is 49.4 Å². The number of likely N-dealkylation sites (tertiary alicyclic amines) is 1. The van der Waals surface area contributed by atoms with E-state index >= 15 is 0 Å². The summed E-state index contributed by atoms with van der Waals surface area (Å²) in [6.45, 7) is 3.92. The third-order valence-electron chi connectivity index (χ3n) is 7.65. The molecule has 2 fully saturated rings. The Labute approximate surface area is 191 Å². The van der Waals surface area contributed by atoms with Crippen molar-refractivity contribution < 1.29 is 12.8 Å². The smallest absolute Gasteiger partial charge is 0.214 e. The largest absolute Gasteiger partial charge is 0.303 e. The Balaban J connectivity index is 1.31. The van der Waals surface area contributed by atoms with Gasteiger partial charge in [0.15, 0.2) is 0 Å². The molecule has 2 aliphatic carbocycles. The number of halogens is 1. The molecule has 1 heterocycles. The van der Waals surface area contributed by atoms with Gasteiger partial charge < -0.3 is 4.90 Å². The van der Waals surface area contributed by atoms with E-state index in [4.69, 9.17) is 0 Å². The van der Waals surface area contributed by atoms with Crippen molar-refractivity contribution in [3.05, 3.63) is 70.5 Å². The molecule has 0 radical (unpaired) electrons. The quantitative estimate of drug-likeness (QED) is 0.620. The molecule has 2 aromatic rings. The Morgan fingerprint density at radius 2 is 1.88 bits per heavy atom. The molecular weight excluding hydrogens is 423 g/mol. The number of nitrogens with one attached hydrogen (secondary N) is 1. The van der Waals surface area contributed by atoms with Gasteiger partial charge in [-0.2, -0.15) is 0 Å². The molecule has 32 heavy (non-hydrogen) atoms. The molecule has 1 N–H and O–H groups in total. The number of rotatable bonds is 9. The Kier molecular flexibility index (Phi) is 6.37. The van der Waals surface area contributed by atoms with Crippen LogP contribution in [0, 0.1) is 11.7 Å². The maximum absolute atomic E-state index is 13.8. The number of sulfonamides is 1. The van der Waals surface area contributed by atoms with Gasteiger partial charge in [-0.3, -0.25) is 0 Å². The molecule has 1 saturated heterocycles. The molecule has 2 unspecified atom stereocenters. The van der Waals surface area contributed by atoms with Crippen LogP contribution >= 0.6 is 0 Å². The molecule has 1 saturated carbocycles. The third-order valence-corrected chi connectivity index (χ3v) is 9.61. The second-order valence-electron chi connectivity index (χ2n) is 9.83. The van der Waals surface area contributed by atoms with Gasteiger partial charge in [0.05, 0.1) is 5.25 Å². The highest BCUT2D eigenvalue weighted by Crippen LogP contribution is 2.41. The van der Waals surface area contributed by atoms with Gasteiger partial charge in [-0.1, -0.05) is 36.8 Å². The number of fused-ring (bicyclic) bond motifs is 1. The Bertz CT molecular complexity index is 1060. The van der Waals surface area contributed by atoms with E-state index in [0.717, 1.165) is 44.2 Å². The molecule has 6 heteroatoms. The summed E-state index contributed by atoms with van der Waals surface area (Å²) < 4.78 is 41.3. The van der Waals surface area contributed by atoms with E-state index in [2.05, 4.69) is 27.8 Å². The Hall–Kier alpha value is -1.76. The van der Waals surface area contributed by atoms with Crippen molar-refractivity contribution in [3.63, 3.8) is 0 Å². The average Bonchev–Trinajstić information content (AvgIpc) is 3.00. The summed E-state index contributed by atoms with van der Waals surface area (Å²) in [5, 5.41) is -0.194. The zero-order valence-electron chi connectivity index (χ0n) is 18.6. The summed E-state index contributed by atoms with van der Waals surface area (Å²) >= 11 is 0. The zero-order chi connectivity index (χ0) is 22.1. The predicted octanol–water partition coefficient (Wildman–Crippen LogP) is 4.04. The van der Waals surface area contributed by atoms with Crippen LogP contribution in [0.3, 0.4) is 0 Å². The van der Waals surface area contributed by atoms with E-state index in [-0.39, 0.29) is 11.1 Å². The molecule has 2 atom stereocenters.